The van der Waals surface area contributed by atoms with Gasteiger partial charge in [0.25, 0.3) is 5.91 Å². The summed E-state index contributed by atoms with van der Waals surface area (Å²) < 4.78 is 13.1. The summed E-state index contributed by atoms with van der Waals surface area (Å²) in [5.41, 5.74) is 1.67. The Morgan fingerprint density at radius 1 is 1.17 bits per heavy atom. The minimum Gasteiger partial charge on any atom is -0.341 e. The number of rotatable bonds is 4. The van der Waals surface area contributed by atoms with Gasteiger partial charge in [0.05, 0.1) is 11.0 Å². The molecule has 1 unspecified atom stereocenters. The zero-order valence-corrected chi connectivity index (χ0v) is 12.8. The van der Waals surface area contributed by atoms with Crippen LogP contribution in [0.4, 0.5) is 10.3 Å². The maximum absolute atomic E-state index is 13.1. The lowest BCUT2D eigenvalue weighted by Gasteiger charge is -2.13. The van der Waals surface area contributed by atoms with Gasteiger partial charge in [-0.05, 0) is 37.3 Å². The summed E-state index contributed by atoms with van der Waals surface area (Å²) >= 11 is 0. The van der Waals surface area contributed by atoms with Gasteiger partial charge in [-0.15, -0.1) is 0 Å². The summed E-state index contributed by atoms with van der Waals surface area (Å²) in [5.74, 6) is -1.17. The first kappa shape index (κ1) is 15.7. The predicted molar refractivity (Wildman–Crippen MR) is 88.1 cm³/mol. The largest absolute Gasteiger partial charge is 0.341 e. The van der Waals surface area contributed by atoms with Crippen LogP contribution in [-0.4, -0.2) is 27.8 Å². The van der Waals surface area contributed by atoms with Crippen LogP contribution in [0.25, 0.3) is 11.0 Å². The highest BCUT2D eigenvalue weighted by Gasteiger charge is 2.18. The molecule has 0 fully saturated rings. The predicted octanol–water partition coefficient (Wildman–Crippen LogP) is 2.46. The van der Waals surface area contributed by atoms with E-state index in [1.807, 2.05) is 24.3 Å². The van der Waals surface area contributed by atoms with Crippen LogP contribution in [0.3, 0.4) is 0 Å². The molecule has 3 rings (SSSR count). The van der Waals surface area contributed by atoms with Gasteiger partial charge in [-0.2, -0.15) is 0 Å². The van der Waals surface area contributed by atoms with Gasteiger partial charge in [-0.1, -0.05) is 18.2 Å². The molecule has 24 heavy (non-hydrogen) atoms. The minimum absolute atomic E-state index is 0.151. The molecule has 0 spiro atoms. The Morgan fingerprint density at radius 2 is 1.96 bits per heavy atom. The van der Waals surface area contributed by atoms with E-state index in [9.17, 15) is 14.0 Å². The van der Waals surface area contributed by atoms with Gasteiger partial charge in [-0.3, -0.25) is 14.9 Å². The third-order valence-electron chi connectivity index (χ3n) is 3.46. The third-order valence-corrected chi connectivity index (χ3v) is 3.46. The maximum atomic E-state index is 13.1. The molecule has 2 aromatic carbocycles. The molecule has 0 aliphatic carbocycles. The fraction of sp³-hybridized carbons (Fsp3) is 0.118. The van der Waals surface area contributed by atoms with Gasteiger partial charge in [-0.25, -0.2) is 9.37 Å². The Labute approximate surface area is 137 Å². The highest BCUT2D eigenvalue weighted by Crippen LogP contribution is 2.13. The van der Waals surface area contributed by atoms with E-state index in [4.69, 9.17) is 0 Å². The highest BCUT2D eigenvalue weighted by atomic mass is 19.1. The molecule has 0 saturated heterocycles. The van der Waals surface area contributed by atoms with Gasteiger partial charge in [0.15, 0.2) is 0 Å². The average molecular weight is 326 g/mol. The van der Waals surface area contributed by atoms with Crippen LogP contribution >= 0.6 is 0 Å². The van der Waals surface area contributed by atoms with E-state index in [0.717, 1.165) is 17.1 Å². The molecule has 0 radical (unpaired) electrons. The number of carbonyl (C=O) groups excluding carboxylic acids is 2. The average Bonchev–Trinajstić information content (AvgIpc) is 2.96. The van der Waals surface area contributed by atoms with Crippen LogP contribution in [0.1, 0.15) is 17.3 Å². The first-order chi connectivity index (χ1) is 11.5. The van der Waals surface area contributed by atoms with Gasteiger partial charge < -0.3 is 10.3 Å². The first-order valence-electron chi connectivity index (χ1n) is 7.35. The summed E-state index contributed by atoms with van der Waals surface area (Å²) in [5, 5.41) is 5.12. The van der Waals surface area contributed by atoms with Crippen LogP contribution < -0.4 is 10.6 Å². The lowest BCUT2D eigenvalue weighted by molar-refractivity contribution is -0.117. The number of aromatic nitrogens is 2. The number of hydrogen-bond donors (Lipinski definition) is 3. The second kappa shape index (κ2) is 6.49. The van der Waals surface area contributed by atoms with Crippen LogP contribution in [-0.2, 0) is 4.79 Å². The zero-order valence-electron chi connectivity index (χ0n) is 12.8. The molecular formula is C17H15FN4O2. The number of nitrogens with zero attached hydrogens (tertiary/aromatic N) is 1. The Kier molecular flexibility index (Phi) is 4.24. The molecule has 0 saturated carbocycles. The number of nitrogens with one attached hydrogen (secondary N) is 3. The normalized spacial score (nSPS) is 11.9. The molecule has 122 valence electrons. The molecule has 0 aliphatic heterocycles. The molecule has 0 aliphatic rings. The van der Waals surface area contributed by atoms with Crippen molar-refractivity contribution in [2.24, 2.45) is 0 Å². The summed E-state index contributed by atoms with van der Waals surface area (Å²) in [6.45, 7) is 1.54. The molecule has 6 nitrogen and oxygen atoms in total. The molecule has 1 atom stereocenters. The molecule has 3 aromatic rings. The van der Waals surface area contributed by atoms with Crippen molar-refractivity contribution in [2.45, 2.75) is 13.0 Å². The van der Waals surface area contributed by atoms with E-state index < -0.39 is 23.7 Å². The number of halogens is 1. The maximum Gasteiger partial charge on any atom is 0.252 e. The van der Waals surface area contributed by atoms with Crippen LogP contribution in [0.5, 0.6) is 0 Å². The lowest BCUT2D eigenvalue weighted by Crippen LogP contribution is -2.41. The number of benzene rings is 2. The monoisotopic (exact) mass is 326 g/mol. The van der Waals surface area contributed by atoms with Gasteiger partial charge in [0, 0.05) is 5.56 Å². The van der Waals surface area contributed by atoms with Crippen molar-refractivity contribution in [2.75, 3.05) is 5.32 Å². The van der Waals surface area contributed by atoms with Crippen molar-refractivity contribution >= 4 is 28.8 Å². The van der Waals surface area contributed by atoms with Crippen LogP contribution in [0.2, 0.25) is 0 Å². The smallest absolute Gasteiger partial charge is 0.252 e. The molecule has 2 amide bonds. The van der Waals surface area contributed by atoms with Gasteiger partial charge >= 0.3 is 0 Å². The fourth-order valence-electron chi connectivity index (χ4n) is 2.21. The number of H-pyrrole nitrogens is 1. The van der Waals surface area contributed by atoms with Crippen LogP contribution in [0.15, 0.2) is 48.5 Å². The number of aromatic amines is 1. The van der Waals surface area contributed by atoms with E-state index in [1.54, 1.807) is 0 Å². The second-order valence-corrected chi connectivity index (χ2v) is 5.30. The molecule has 7 heteroatoms. The molecule has 0 bridgehead atoms. The van der Waals surface area contributed by atoms with Gasteiger partial charge in [0.1, 0.15) is 11.9 Å². The molecule has 1 heterocycles. The number of carbonyl (C=O) groups is 2. The Balaban J connectivity index is 1.65. The Morgan fingerprint density at radius 3 is 2.71 bits per heavy atom. The topological polar surface area (TPSA) is 86.9 Å². The molecule has 1 aromatic heterocycles. The fourth-order valence-corrected chi connectivity index (χ4v) is 2.21. The van der Waals surface area contributed by atoms with E-state index >= 15 is 0 Å². The van der Waals surface area contributed by atoms with Crippen LogP contribution in [0, 0.1) is 5.82 Å². The molecule has 3 N–H and O–H groups in total. The first-order valence-corrected chi connectivity index (χ1v) is 7.35. The van der Waals surface area contributed by atoms with Gasteiger partial charge in [0.2, 0.25) is 11.9 Å². The Hall–Kier alpha value is -3.22. The Bertz CT molecular complexity index is 873. The van der Waals surface area contributed by atoms with Crippen molar-refractivity contribution in [3.8, 4) is 0 Å². The van der Waals surface area contributed by atoms with Crippen molar-refractivity contribution in [3.05, 3.63) is 59.9 Å². The van der Waals surface area contributed by atoms with E-state index in [2.05, 4.69) is 20.6 Å². The quantitative estimate of drug-likeness (QED) is 0.688. The summed E-state index contributed by atoms with van der Waals surface area (Å²) in [7, 11) is 0. The minimum atomic E-state index is -0.811. The number of hydrogen-bond acceptors (Lipinski definition) is 3. The molecular weight excluding hydrogens is 311 g/mol. The summed E-state index contributed by atoms with van der Waals surface area (Å²) in [6.07, 6.45) is 0. The standard InChI is InChI=1S/C17H15FN4O2/c1-10(19-16(24)11-5-4-6-12(18)9-11)15(23)22-17-20-13-7-2-3-8-14(13)21-17/h2-10H,1H3,(H,19,24)(H2,20,21,22,23). The number of imidazole rings is 1. The summed E-state index contributed by atoms with van der Waals surface area (Å²) in [6, 6.07) is 11.8. The SMILES string of the molecule is CC(NC(=O)c1cccc(F)c1)C(=O)Nc1nc2ccccc2[nH]1. The van der Waals surface area contributed by atoms with E-state index in [-0.39, 0.29) is 5.56 Å². The summed E-state index contributed by atoms with van der Waals surface area (Å²) in [4.78, 5) is 31.4. The van der Waals surface area contributed by atoms with E-state index in [0.29, 0.717) is 5.95 Å². The van der Waals surface area contributed by atoms with Crippen molar-refractivity contribution in [1.82, 2.24) is 15.3 Å². The number of para-hydroxylation sites is 2. The second-order valence-electron chi connectivity index (χ2n) is 5.30. The van der Waals surface area contributed by atoms with Crippen molar-refractivity contribution in [1.29, 1.82) is 0 Å². The number of fused-ring (bicyclic) bond motifs is 1. The van der Waals surface area contributed by atoms with Crippen molar-refractivity contribution in [3.63, 3.8) is 0 Å². The highest BCUT2D eigenvalue weighted by molar-refractivity contribution is 6.00. The lowest BCUT2D eigenvalue weighted by atomic mass is 10.2. The third kappa shape index (κ3) is 3.40. The van der Waals surface area contributed by atoms with Crippen molar-refractivity contribution < 1.29 is 14.0 Å². The number of anilines is 1. The zero-order chi connectivity index (χ0) is 17.1. The van der Waals surface area contributed by atoms with E-state index in [1.165, 1.54) is 25.1 Å². The number of amides is 2.